The Kier molecular flexibility index (Phi) is 4.00. The van der Waals surface area contributed by atoms with Gasteiger partial charge in [0.15, 0.2) is 0 Å². The van der Waals surface area contributed by atoms with Crippen LogP contribution in [0.1, 0.15) is 20.3 Å². The van der Waals surface area contributed by atoms with Gasteiger partial charge in [-0.2, -0.15) is 0 Å². The minimum absolute atomic E-state index is 0.153. The highest BCUT2D eigenvalue weighted by molar-refractivity contribution is 5.48. The molecule has 1 aliphatic rings. The summed E-state index contributed by atoms with van der Waals surface area (Å²) < 4.78 is 13.3. The van der Waals surface area contributed by atoms with Crippen LogP contribution in [-0.4, -0.2) is 25.7 Å². The topological polar surface area (TPSA) is 15.3 Å². The number of nitrogens with zero attached hydrogens (tertiary/aromatic N) is 1. The molecule has 1 aromatic carbocycles. The Hall–Kier alpha value is -1.09. The fourth-order valence-corrected chi connectivity index (χ4v) is 2.76. The molecular weight excluding hydrogens is 215 g/mol. The van der Waals surface area contributed by atoms with Crippen molar-refractivity contribution in [3.05, 3.63) is 30.1 Å². The van der Waals surface area contributed by atoms with Crippen molar-refractivity contribution in [3.63, 3.8) is 0 Å². The van der Waals surface area contributed by atoms with Crippen LogP contribution in [-0.2, 0) is 0 Å². The van der Waals surface area contributed by atoms with Gasteiger partial charge < -0.3 is 10.2 Å². The number of anilines is 1. The van der Waals surface area contributed by atoms with Crippen molar-refractivity contribution < 1.29 is 4.39 Å². The molecule has 1 N–H and O–H groups in total. The molecule has 0 saturated carbocycles. The molecule has 1 aromatic rings. The molecule has 0 amide bonds. The van der Waals surface area contributed by atoms with Crippen LogP contribution in [0.15, 0.2) is 24.3 Å². The fraction of sp³-hybridized carbons (Fsp3) is 0.571. The van der Waals surface area contributed by atoms with Gasteiger partial charge in [-0.3, -0.25) is 0 Å². The van der Waals surface area contributed by atoms with E-state index in [4.69, 9.17) is 0 Å². The number of hydrogen-bond acceptors (Lipinski definition) is 2. The monoisotopic (exact) mass is 236 g/mol. The second kappa shape index (κ2) is 5.50. The molecule has 2 rings (SSSR count). The maximum Gasteiger partial charge on any atom is 0.125 e. The van der Waals surface area contributed by atoms with Crippen molar-refractivity contribution in [2.24, 2.45) is 5.92 Å². The molecule has 1 fully saturated rings. The molecule has 0 aliphatic carbocycles. The van der Waals surface area contributed by atoms with Gasteiger partial charge >= 0.3 is 0 Å². The Balaban J connectivity index is 2.21. The second-order valence-corrected chi connectivity index (χ2v) is 4.66. The zero-order valence-corrected chi connectivity index (χ0v) is 10.6. The SMILES string of the molecule is CCC1CNCC1N(CC)c1cccc(F)c1. The summed E-state index contributed by atoms with van der Waals surface area (Å²) in [6.45, 7) is 7.36. The van der Waals surface area contributed by atoms with Gasteiger partial charge in [0.25, 0.3) is 0 Å². The summed E-state index contributed by atoms with van der Waals surface area (Å²) in [5, 5.41) is 3.44. The van der Waals surface area contributed by atoms with Crippen LogP contribution >= 0.6 is 0 Å². The summed E-state index contributed by atoms with van der Waals surface area (Å²) in [5.41, 5.74) is 1.000. The Labute approximate surface area is 103 Å². The quantitative estimate of drug-likeness (QED) is 0.864. The molecular formula is C14H21FN2. The number of likely N-dealkylation sites (N-methyl/N-ethyl adjacent to an activating group) is 1. The van der Waals surface area contributed by atoms with E-state index in [1.165, 1.54) is 12.5 Å². The van der Waals surface area contributed by atoms with E-state index in [2.05, 4.69) is 24.1 Å². The number of hydrogen-bond donors (Lipinski definition) is 1. The van der Waals surface area contributed by atoms with Crippen LogP contribution in [0.25, 0.3) is 0 Å². The van der Waals surface area contributed by atoms with Crippen molar-refractivity contribution in [1.82, 2.24) is 5.32 Å². The smallest absolute Gasteiger partial charge is 0.125 e. The van der Waals surface area contributed by atoms with E-state index in [0.717, 1.165) is 25.3 Å². The summed E-state index contributed by atoms with van der Waals surface area (Å²) in [4.78, 5) is 2.32. The lowest BCUT2D eigenvalue weighted by Crippen LogP contribution is -2.40. The summed E-state index contributed by atoms with van der Waals surface area (Å²) in [6, 6.07) is 7.41. The first-order valence-electron chi connectivity index (χ1n) is 6.49. The van der Waals surface area contributed by atoms with E-state index in [1.807, 2.05) is 6.07 Å². The molecule has 3 heteroatoms. The summed E-state index contributed by atoms with van der Waals surface area (Å²) in [7, 11) is 0. The van der Waals surface area contributed by atoms with Crippen molar-refractivity contribution in [2.45, 2.75) is 26.3 Å². The van der Waals surface area contributed by atoms with E-state index in [0.29, 0.717) is 12.0 Å². The lowest BCUT2D eigenvalue weighted by Gasteiger charge is -2.33. The number of halogens is 1. The Bertz CT molecular complexity index is 367. The van der Waals surface area contributed by atoms with Crippen molar-refractivity contribution in [1.29, 1.82) is 0 Å². The third kappa shape index (κ3) is 2.60. The molecule has 17 heavy (non-hydrogen) atoms. The van der Waals surface area contributed by atoms with Crippen LogP contribution in [0.2, 0.25) is 0 Å². The summed E-state index contributed by atoms with van der Waals surface area (Å²) in [5.74, 6) is 0.512. The molecule has 2 nitrogen and oxygen atoms in total. The summed E-state index contributed by atoms with van der Waals surface area (Å²) in [6.07, 6.45) is 1.17. The van der Waals surface area contributed by atoms with Crippen LogP contribution in [0, 0.1) is 11.7 Å². The average Bonchev–Trinajstić information content (AvgIpc) is 2.78. The normalized spacial score (nSPS) is 23.9. The van der Waals surface area contributed by atoms with E-state index in [-0.39, 0.29) is 5.82 Å². The van der Waals surface area contributed by atoms with Gasteiger partial charge in [-0.25, -0.2) is 4.39 Å². The number of benzene rings is 1. The van der Waals surface area contributed by atoms with Crippen LogP contribution in [0.3, 0.4) is 0 Å². The third-order valence-electron chi connectivity index (χ3n) is 3.71. The van der Waals surface area contributed by atoms with Gasteiger partial charge in [-0.05, 0) is 31.0 Å². The molecule has 1 saturated heterocycles. The van der Waals surface area contributed by atoms with E-state index in [1.54, 1.807) is 12.1 Å². The van der Waals surface area contributed by atoms with E-state index >= 15 is 0 Å². The highest BCUT2D eigenvalue weighted by atomic mass is 19.1. The van der Waals surface area contributed by atoms with Crippen LogP contribution in [0.5, 0.6) is 0 Å². The van der Waals surface area contributed by atoms with Crippen molar-refractivity contribution in [3.8, 4) is 0 Å². The maximum absolute atomic E-state index is 13.3. The van der Waals surface area contributed by atoms with E-state index < -0.39 is 0 Å². The van der Waals surface area contributed by atoms with Gasteiger partial charge in [-0.1, -0.05) is 19.4 Å². The molecule has 2 unspecified atom stereocenters. The van der Waals surface area contributed by atoms with Gasteiger partial charge in [-0.15, -0.1) is 0 Å². The first-order chi connectivity index (χ1) is 8.26. The average molecular weight is 236 g/mol. The lowest BCUT2D eigenvalue weighted by atomic mass is 9.98. The molecule has 94 valence electrons. The summed E-state index contributed by atoms with van der Waals surface area (Å²) >= 11 is 0. The molecule has 2 atom stereocenters. The predicted molar refractivity (Wildman–Crippen MR) is 69.9 cm³/mol. The largest absolute Gasteiger partial charge is 0.367 e. The molecule has 0 radical (unpaired) electrons. The predicted octanol–water partition coefficient (Wildman–Crippen LogP) is 2.65. The fourth-order valence-electron chi connectivity index (χ4n) is 2.76. The van der Waals surface area contributed by atoms with Gasteiger partial charge in [0, 0.05) is 31.4 Å². The van der Waals surface area contributed by atoms with Crippen LogP contribution < -0.4 is 10.2 Å². The van der Waals surface area contributed by atoms with Gasteiger partial charge in [0.1, 0.15) is 5.82 Å². The molecule has 0 spiro atoms. The minimum Gasteiger partial charge on any atom is -0.367 e. The standard InChI is InChI=1S/C14H21FN2/c1-3-11-9-16-10-14(11)17(4-2)13-7-5-6-12(15)8-13/h5-8,11,14,16H,3-4,9-10H2,1-2H3. The highest BCUT2D eigenvalue weighted by Gasteiger charge is 2.30. The zero-order chi connectivity index (χ0) is 12.3. The zero-order valence-electron chi connectivity index (χ0n) is 10.6. The number of rotatable bonds is 4. The molecule has 0 bridgehead atoms. The lowest BCUT2D eigenvalue weighted by molar-refractivity contribution is 0.469. The Morgan fingerprint density at radius 3 is 2.82 bits per heavy atom. The van der Waals surface area contributed by atoms with Gasteiger partial charge in [0.2, 0.25) is 0 Å². The Morgan fingerprint density at radius 2 is 2.18 bits per heavy atom. The van der Waals surface area contributed by atoms with Crippen LogP contribution in [0.4, 0.5) is 10.1 Å². The molecule has 0 aromatic heterocycles. The number of nitrogens with one attached hydrogen (secondary N) is 1. The van der Waals surface area contributed by atoms with Crippen molar-refractivity contribution >= 4 is 5.69 Å². The maximum atomic E-state index is 13.3. The molecule has 1 heterocycles. The minimum atomic E-state index is -0.153. The van der Waals surface area contributed by atoms with Gasteiger partial charge in [0.05, 0.1) is 0 Å². The Morgan fingerprint density at radius 1 is 1.35 bits per heavy atom. The van der Waals surface area contributed by atoms with Crippen molar-refractivity contribution in [2.75, 3.05) is 24.5 Å². The molecule has 1 aliphatic heterocycles. The van der Waals surface area contributed by atoms with E-state index in [9.17, 15) is 4.39 Å². The first-order valence-corrected chi connectivity index (χ1v) is 6.49. The highest BCUT2D eigenvalue weighted by Crippen LogP contribution is 2.25. The third-order valence-corrected chi connectivity index (χ3v) is 3.71. The second-order valence-electron chi connectivity index (χ2n) is 4.66. The first kappa shape index (κ1) is 12.4.